The number of benzene rings is 2. The van der Waals surface area contributed by atoms with Crippen molar-refractivity contribution in [1.29, 1.82) is 0 Å². The molecule has 0 saturated carbocycles. The quantitative estimate of drug-likeness (QED) is 0.596. The SMILES string of the molecule is CN=C(NCc1ccc2c(c1)OCO2)NCC1CCCN1Cc1ccccc1. The van der Waals surface area contributed by atoms with Crippen LogP contribution in [0.5, 0.6) is 11.5 Å². The molecule has 6 nitrogen and oxygen atoms in total. The third-order valence-electron chi connectivity index (χ3n) is 5.35. The van der Waals surface area contributed by atoms with Crippen molar-refractivity contribution in [2.75, 3.05) is 26.9 Å². The topological polar surface area (TPSA) is 58.1 Å². The maximum Gasteiger partial charge on any atom is 0.231 e. The third-order valence-corrected chi connectivity index (χ3v) is 5.35. The summed E-state index contributed by atoms with van der Waals surface area (Å²) in [4.78, 5) is 6.93. The molecule has 1 saturated heterocycles. The maximum atomic E-state index is 5.45. The summed E-state index contributed by atoms with van der Waals surface area (Å²) in [6, 6.07) is 17.2. The van der Waals surface area contributed by atoms with Gasteiger partial charge in [0.1, 0.15) is 0 Å². The van der Waals surface area contributed by atoms with Gasteiger partial charge in [0.05, 0.1) is 0 Å². The summed E-state index contributed by atoms with van der Waals surface area (Å²) in [6.07, 6.45) is 2.47. The molecule has 2 heterocycles. The fourth-order valence-electron chi connectivity index (χ4n) is 3.82. The Morgan fingerprint density at radius 3 is 2.79 bits per heavy atom. The minimum Gasteiger partial charge on any atom is -0.454 e. The van der Waals surface area contributed by atoms with E-state index in [9.17, 15) is 0 Å². The van der Waals surface area contributed by atoms with Gasteiger partial charge in [-0.25, -0.2) is 0 Å². The average molecular weight is 380 g/mol. The highest BCUT2D eigenvalue weighted by Crippen LogP contribution is 2.32. The summed E-state index contributed by atoms with van der Waals surface area (Å²) in [6.45, 7) is 4.06. The lowest BCUT2D eigenvalue weighted by Crippen LogP contribution is -2.44. The highest BCUT2D eigenvalue weighted by atomic mass is 16.7. The molecule has 28 heavy (non-hydrogen) atoms. The van der Waals surface area contributed by atoms with Gasteiger partial charge in [-0.3, -0.25) is 9.89 Å². The lowest BCUT2D eigenvalue weighted by atomic mass is 10.2. The predicted octanol–water partition coefficient (Wildman–Crippen LogP) is 2.74. The first-order chi connectivity index (χ1) is 13.8. The van der Waals surface area contributed by atoms with E-state index in [4.69, 9.17) is 9.47 Å². The van der Waals surface area contributed by atoms with Crippen molar-refractivity contribution in [2.45, 2.75) is 32.0 Å². The molecule has 0 aromatic heterocycles. The zero-order valence-corrected chi connectivity index (χ0v) is 16.4. The van der Waals surface area contributed by atoms with Gasteiger partial charge in [-0.15, -0.1) is 0 Å². The van der Waals surface area contributed by atoms with Crippen LogP contribution >= 0.6 is 0 Å². The van der Waals surface area contributed by atoms with Gasteiger partial charge in [0.2, 0.25) is 6.79 Å². The Morgan fingerprint density at radius 1 is 1.07 bits per heavy atom. The zero-order chi connectivity index (χ0) is 19.2. The molecule has 2 aromatic carbocycles. The van der Waals surface area contributed by atoms with Crippen LogP contribution < -0.4 is 20.1 Å². The second-order valence-electron chi connectivity index (χ2n) is 7.25. The molecule has 0 amide bonds. The van der Waals surface area contributed by atoms with Gasteiger partial charge >= 0.3 is 0 Å². The number of nitrogens with zero attached hydrogens (tertiary/aromatic N) is 2. The molecule has 6 heteroatoms. The van der Waals surface area contributed by atoms with E-state index >= 15 is 0 Å². The first-order valence-electron chi connectivity index (χ1n) is 9.93. The summed E-state index contributed by atoms with van der Waals surface area (Å²) in [5.41, 5.74) is 2.51. The molecular formula is C22H28N4O2. The number of hydrogen-bond donors (Lipinski definition) is 2. The minimum atomic E-state index is 0.302. The van der Waals surface area contributed by atoms with Crippen LogP contribution in [0.25, 0.3) is 0 Å². The summed E-state index contributed by atoms with van der Waals surface area (Å²) >= 11 is 0. The molecule has 1 atom stereocenters. The van der Waals surface area contributed by atoms with Crippen LogP contribution in [-0.2, 0) is 13.1 Å². The fourth-order valence-corrected chi connectivity index (χ4v) is 3.82. The number of likely N-dealkylation sites (tertiary alicyclic amines) is 1. The van der Waals surface area contributed by atoms with Crippen molar-refractivity contribution in [3.63, 3.8) is 0 Å². The molecule has 2 aliphatic rings. The smallest absolute Gasteiger partial charge is 0.231 e. The van der Waals surface area contributed by atoms with Crippen LogP contribution in [0.1, 0.15) is 24.0 Å². The van der Waals surface area contributed by atoms with Gasteiger partial charge in [0.15, 0.2) is 17.5 Å². The van der Waals surface area contributed by atoms with E-state index < -0.39 is 0 Å². The highest BCUT2D eigenvalue weighted by Gasteiger charge is 2.24. The fraction of sp³-hybridized carbons (Fsp3) is 0.409. The van der Waals surface area contributed by atoms with E-state index in [1.165, 1.54) is 18.4 Å². The van der Waals surface area contributed by atoms with E-state index in [2.05, 4.69) is 50.9 Å². The van der Waals surface area contributed by atoms with Crippen LogP contribution in [0.2, 0.25) is 0 Å². The van der Waals surface area contributed by atoms with Crippen LogP contribution in [-0.4, -0.2) is 43.8 Å². The first-order valence-corrected chi connectivity index (χ1v) is 9.93. The molecule has 1 unspecified atom stereocenters. The van der Waals surface area contributed by atoms with Crippen molar-refractivity contribution in [1.82, 2.24) is 15.5 Å². The Morgan fingerprint density at radius 2 is 1.93 bits per heavy atom. The Balaban J connectivity index is 1.26. The molecule has 2 N–H and O–H groups in total. The van der Waals surface area contributed by atoms with Crippen molar-refractivity contribution < 1.29 is 9.47 Å². The summed E-state index contributed by atoms with van der Waals surface area (Å²) in [5.74, 6) is 2.44. The lowest BCUT2D eigenvalue weighted by molar-refractivity contribution is 0.174. The van der Waals surface area contributed by atoms with E-state index in [-0.39, 0.29) is 0 Å². The van der Waals surface area contributed by atoms with Gasteiger partial charge < -0.3 is 20.1 Å². The minimum absolute atomic E-state index is 0.302. The van der Waals surface area contributed by atoms with Crippen LogP contribution in [0.3, 0.4) is 0 Å². The molecule has 2 aromatic rings. The first kappa shape index (κ1) is 18.6. The van der Waals surface area contributed by atoms with Gasteiger partial charge in [-0.1, -0.05) is 36.4 Å². The second-order valence-corrected chi connectivity index (χ2v) is 7.25. The van der Waals surface area contributed by atoms with Gasteiger partial charge in [0.25, 0.3) is 0 Å². The zero-order valence-electron chi connectivity index (χ0n) is 16.4. The number of fused-ring (bicyclic) bond motifs is 1. The highest BCUT2D eigenvalue weighted by molar-refractivity contribution is 5.79. The third kappa shape index (κ3) is 4.57. The Kier molecular flexibility index (Phi) is 5.97. The predicted molar refractivity (Wildman–Crippen MR) is 111 cm³/mol. The number of ether oxygens (including phenoxy) is 2. The monoisotopic (exact) mass is 380 g/mol. The van der Waals surface area contributed by atoms with Crippen molar-refractivity contribution in [3.8, 4) is 11.5 Å². The molecule has 0 spiro atoms. The summed E-state index contributed by atoms with van der Waals surface area (Å²) in [5, 5.41) is 6.88. The lowest BCUT2D eigenvalue weighted by Gasteiger charge is -2.25. The number of guanidine groups is 1. The Bertz CT molecular complexity index is 809. The standard InChI is InChI=1S/C22H28N4O2/c1-23-22(24-13-18-9-10-20-21(12-18)28-16-27-20)25-14-19-8-5-11-26(19)15-17-6-3-2-4-7-17/h2-4,6-7,9-10,12,19H,5,8,11,13-16H2,1H3,(H2,23,24,25). The molecular weight excluding hydrogens is 352 g/mol. The molecule has 0 bridgehead atoms. The van der Waals surface area contributed by atoms with E-state index in [1.807, 2.05) is 25.2 Å². The summed E-state index contributed by atoms with van der Waals surface area (Å²) < 4.78 is 10.8. The largest absolute Gasteiger partial charge is 0.454 e. The van der Waals surface area contributed by atoms with Gasteiger partial charge in [-0.05, 0) is 42.6 Å². The molecule has 2 aliphatic heterocycles. The van der Waals surface area contributed by atoms with Crippen molar-refractivity contribution >= 4 is 5.96 Å². The molecule has 4 rings (SSSR count). The number of rotatable bonds is 6. The van der Waals surface area contributed by atoms with E-state index in [0.29, 0.717) is 19.4 Å². The van der Waals surface area contributed by atoms with Crippen molar-refractivity contribution in [3.05, 3.63) is 59.7 Å². The van der Waals surface area contributed by atoms with Crippen molar-refractivity contribution in [2.24, 2.45) is 4.99 Å². The molecule has 148 valence electrons. The normalized spacial score (nSPS) is 19.0. The Hall–Kier alpha value is -2.73. The number of hydrogen-bond acceptors (Lipinski definition) is 4. The van der Waals surface area contributed by atoms with Gasteiger partial charge in [-0.2, -0.15) is 0 Å². The van der Waals surface area contributed by atoms with E-state index in [1.54, 1.807) is 0 Å². The molecule has 1 fully saturated rings. The van der Waals surface area contributed by atoms with Gasteiger partial charge in [0, 0.05) is 32.7 Å². The number of nitrogens with one attached hydrogen (secondary N) is 2. The summed E-state index contributed by atoms with van der Waals surface area (Å²) in [7, 11) is 1.81. The number of aliphatic imine (C=N–C) groups is 1. The van der Waals surface area contributed by atoms with E-state index in [0.717, 1.165) is 42.7 Å². The molecule has 0 radical (unpaired) electrons. The Labute approximate surface area is 166 Å². The maximum absolute atomic E-state index is 5.45. The molecule has 0 aliphatic carbocycles. The average Bonchev–Trinajstić information content (AvgIpc) is 3.38. The second kappa shape index (κ2) is 8.97. The van der Waals surface area contributed by atoms with Crippen LogP contribution in [0.4, 0.5) is 0 Å². The van der Waals surface area contributed by atoms with Crippen LogP contribution in [0.15, 0.2) is 53.5 Å². The van der Waals surface area contributed by atoms with Crippen LogP contribution in [0, 0.1) is 0 Å².